The van der Waals surface area contributed by atoms with E-state index in [2.05, 4.69) is 11.9 Å². The molecule has 3 N–H and O–H groups in total. The van der Waals surface area contributed by atoms with Crippen LogP contribution in [0.25, 0.3) is 12.8 Å². The summed E-state index contributed by atoms with van der Waals surface area (Å²) in [6.45, 7) is 4.66. The SMILES string of the molecule is C=c1cccc/c1=C/N(N)CC1CCC(NC(=O)c2cc(C(F)(F)F)ccc2Cl)CC1. The zero-order chi connectivity index (χ0) is 22.6. The van der Waals surface area contributed by atoms with E-state index in [1.54, 1.807) is 5.01 Å². The lowest BCUT2D eigenvalue weighted by Gasteiger charge is -2.31. The maximum absolute atomic E-state index is 12.9. The lowest BCUT2D eigenvalue weighted by molar-refractivity contribution is -0.137. The van der Waals surface area contributed by atoms with Gasteiger partial charge in [0, 0.05) is 18.8 Å². The Kier molecular flexibility index (Phi) is 7.28. The van der Waals surface area contributed by atoms with E-state index in [1.165, 1.54) is 0 Å². The summed E-state index contributed by atoms with van der Waals surface area (Å²) in [5.74, 6) is 5.92. The van der Waals surface area contributed by atoms with Gasteiger partial charge in [0.25, 0.3) is 5.91 Å². The number of benzene rings is 2. The van der Waals surface area contributed by atoms with Crippen molar-refractivity contribution in [3.05, 3.63) is 69.1 Å². The molecule has 4 nitrogen and oxygen atoms in total. The Balaban J connectivity index is 1.55. The van der Waals surface area contributed by atoms with E-state index >= 15 is 0 Å². The van der Waals surface area contributed by atoms with Crippen LogP contribution in [-0.4, -0.2) is 23.5 Å². The van der Waals surface area contributed by atoms with Crippen LogP contribution in [0, 0.1) is 5.92 Å². The highest BCUT2D eigenvalue weighted by atomic mass is 35.5. The Hall–Kier alpha value is -2.51. The highest BCUT2D eigenvalue weighted by molar-refractivity contribution is 6.33. The zero-order valence-corrected chi connectivity index (χ0v) is 17.7. The molecule has 0 bridgehead atoms. The average Bonchev–Trinajstić information content (AvgIpc) is 2.70. The number of alkyl halides is 3. The van der Waals surface area contributed by atoms with Crippen molar-refractivity contribution in [2.24, 2.45) is 11.8 Å². The van der Waals surface area contributed by atoms with Gasteiger partial charge in [-0.05, 0) is 60.2 Å². The molecule has 0 atom stereocenters. The van der Waals surface area contributed by atoms with Crippen LogP contribution in [0.1, 0.15) is 41.6 Å². The van der Waals surface area contributed by atoms with Crippen molar-refractivity contribution in [1.29, 1.82) is 0 Å². The summed E-state index contributed by atoms with van der Waals surface area (Å²) in [5, 5.41) is 6.35. The van der Waals surface area contributed by atoms with Crippen molar-refractivity contribution in [3.63, 3.8) is 0 Å². The molecule has 31 heavy (non-hydrogen) atoms. The number of nitrogens with one attached hydrogen (secondary N) is 1. The smallest absolute Gasteiger partial charge is 0.349 e. The molecule has 0 unspecified atom stereocenters. The summed E-state index contributed by atoms with van der Waals surface area (Å²) in [6.07, 6.45) is 0.506. The van der Waals surface area contributed by atoms with Crippen LogP contribution in [0.4, 0.5) is 13.2 Å². The van der Waals surface area contributed by atoms with E-state index in [4.69, 9.17) is 17.4 Å². The Bertz CT molecular complexity index is 1030. The lowest BCUT2D eigenvalue weighted by atomic mass is 9.85. The van der Waals surface area contributed by atoms with Gasteiger partial charge in [-0.25, -0.2) is 5.84 Å². The Labute approximate surface area is 184 Å². The zero-order valence-electron chi connectivity index (χ0n) is 17.0. The molecule has 0 aliphatic heterocycles. The third-order valence-corrected chi connectivity index (χ3v) is 5.88. The molecule has 1 amide bonds. The van der Waals surface area contributed by atoms with E-state index in [9.17, 15) is 18.0 Å². The number of rotatable bonds is 5. The van der Waals surface area contributed by atoms with Crippen molar-refractivity contribution in [2.45, 2.75) is 37.9 Å². The predicted molar refractivity (Wildman–Crippen MR) is 116 cm³/mol. The molecule has 2 aromatic carbocycles. The van der Waals surface area contributed by atoms with Crippen LogP contribution in [-0.2, 0) is 6.18 Å². The number of carbonyl (C=O) groups is 1. The number of hydrogen-bond acceptors (Lipinski definition) is 3. The van der Waals surface area contributed by atoms with Gasteiger partial charge in [-0.15, -0.1) is 0 Å². The summed E-state index contributed by atoms with van der Waals surface area (Å²) in [7, 11) is 0. The first-order valence-electron chi connectivity index (χ1n) is 10.1. The molecule has 0 spiro atoms. The first-order chi connectivity index (χ1) is 14.6. The fourth-order valence-electron chi connectivity index (χ4n) is 3.82. The number of nitrogens with two attached hydrogens (primary N) is 1. The highest BCUT2D eigenvalue weighted by Crippen LogP contribution is 2.32. The molecule has 2 aromatic rings. The van der Waals surface area contributed by atoms with Gasteiger partial charge in [-0.3, -0.25) is 4.79 Å². The van der Waals surface area contributed by atoms with Crippen LogP contribution < -0.4 is 21.6 Å². The molecule has 3 rings (SSSR count). The van der Waals surface area contributed by atoms with Crippen molar-refractivity contribution in [1.82, 2.24) is 10.3 Å². The normalized spacial score (nSPS) is 19.8. The van der Waals surface area contributed by atoms with Crippen molar-refractivity contribution < 1.29 is 18.0 Å². The fourth-order valence-corrected chi connectivity index (χ4v) is 4.02. The number of hydrogen-bond donors (Lipinski definition) is 2. The molecule has 0 aromatic heterocycles. The molecule has 0 radical (unpaired) electrons. The first kappa shape index (κ1) is 23.2. The molecular formula is C23H25ClF3N3O. The van der Waals surface area contributed by atoms with Gasteiger partial charge in [0.15, 0.2) is 0 Å². The number of carbonyl (C=O) groups excluding carboxylic acids is 1. The van der Waals surface area contributed by atoms with Gasteiger partial charge < -0.3 is 10.3 Å². The number of nitrogens with zero attached hydrogens (tertiary/aromatic N) is 1. The first-order valence-corrected chi connectivity index (χ1v) is 10.5. The minimum Gasteiger partial charge on any atom is -0.349 e. The molecule has 8 heteroatoms. The van der Waals surface area contributed by atoms with Crippen molar-refractivity contribution in [3.8, 4) is 0 Å². The largest absolute Gasteiger partial charge is 0.416 e. The number of amides is 1. The molecular weight excluding hydrogens is 427 g/mol. The summed E-state index contributed by atoms with van der Waals surface area (Å²) in [4.78, 5) is 12.5. The monoisotopic (exact) mass is 451 g/mol. The van der Waals surface area contributed by atoms with Gasteiger partial charge >= 0.3 is 6.18 Å². The molecule has 166 valence electrons. The van der Waals surface area contributed by atoms with Crippen molar-refractivity contribution >= 4 is 30.3 Å². The van der Waals surface area contributed by atoms with Gasteiger partial charge in [0.05, 0.1) is 16.1 Å². The highest BCUT2D eigenvalue weighted by Gasteiger charge is 2.32. The van der Waals surface area contributed by atoms with E-state index in [1.807, 2.05) is 30.5 Å². The minimum atomic E-state index is -4.53. The second-order valence-electron chi connectivity index (χ2n) is 7.91. The Morgan fingerprint density at radius 3 is 2.52 bits per heavy atom. The Morgan fingerprint density at radius 2 is 1.87 bits per heavy atom. The fraction of sp³-hybridized carbons (Fsp3) is 0.348. The lowest BCUT2D eigenvalue weighted by Crippen LogP contribution is -2.41. The molecule has 1 fully saturated rings. The van der Waals surface area contributed by atoms with Gasteiger partial charge in [-0.1, -0.05) is 42.4 Å². The van der Waals surface area contributed by atoms with Gasteiger partial charge in [-0.2, -0.15) is 13.2 Å². The quantitative estimate of drug-likeness (QED) is 0.538. The molecule has 1 aliphatic carbocycles. The Morgan fingerprint density at radius 1 is 1.19 bits per heavy atom. The molecule has 1 aliphatic rings. The van der Waals surface area contributed by atoms with Crippen molar-refractivity contribution in [2.75, 3.05) is 6.54 Å². The third-order valence-electron chi connectivity index (χ3n) is 5.55. The van der Waals surface area contributed by atoms with E-state index in [0.717, 1.165) is 54.3 Å². The summed E-state index contributed by atoms with van der Waals surface area (Å²) >= 11 is 5.96. The molecule has 1 saturated carbocycles. The van der Waals surface area contributed by atoms with E-state index in [0.29, 0.717) is 12.5 Å². The maximum Gasteiger partial charge on any atom is 0.416 e. The van der Waals surface area contributed by atoms with Crippen LogP contribution in [0.5, 0.6) is 0 Å². The summed E-state index contributed by atoms with van der Waals surface area (Å²) in [5.41, 5.74) is -1.05. The van der Waals surface area contributed by atoms with Gasteiger partial charge in [0.1, 0.15) is 0 Å². The van der Waals surface area contributed by atoms with Crippen LogP contribution in [0.15, 0.2) is 42.5 Å². The second-order valence-corrected chi connectivity index (χ2v) is 8.32. The maximum atomic E-state index is 12.9. The second kappa shape index (κ2) is 9.75. The van der Waals surface area contributed by atoms with Gasteiger partial charge in [0.2, 0.25) is 0 Å². The molecule has 0 saturated heterocycles. The summed E-state index contributed by atoms with van der Waals surface area (Å²) < 4.78 is 38.8. The number of hydrazine groups is 1. The van der Waals surface area contributed by atoms with Crippen LogP contribution >= 0.6 is 11.6 Å². The molecule has 0 heterocycles. The minimum absolute atomic E-state index is 0.000748. The summed E-state index contributed by atoms with van der Waals surface area (Å²) in [6, 6.07) is 10.4. The standard InChI is InChI=1S/C23H25ClF3N3O/c1-15-4-2-3-5-17(15)14-30(28)13-16-6-9-19(10-7-16)29-22(31)20-12-18(23(25,26)27)8-11-21(20)24/h2-5,8,11-12,14,16,19H,1,6-7,9-10,13,28H2,(H,29,31)/b17-14-. The third kappa shape index (κ3) is 6.24. The predicted octanol–water partition coefficient (Wildman–Crippen LogP) is 3.67. The van der Waals surface area contributed by atoms with E-state index in [-0.39, 0.29) is 16.6 Å². The van der Waals surface area contributed by atoms with E-state index < -0.39 is 17.6 Å². The van der Waals surface area contributed by atoms with Crippen LogP contribution in [0.2, 0.25) is 5.02 Å². The average molecular weight is 452 g/mol. The topological polar surface area (TPSA) is 58.4 Å². The van der Waals surface area contributed by atoms with Crippen LogP contribution in [0.3, 0.4) is 0 Å². The number of halogens is 4.